The minimum Gasteiger partial charge on any atom is -0.394 e. The molecule has 6 heteroatoms. The van der Waals surface area contributed by atoms with E-state index in [1.807, 2.05) is 0 Å². The lowest BCUT2D eigenvalue weighted by atomic mass is 9.91. The molecule has 45 heavy (non-hydrogen) atoms. The van der Waals surface area contributed by atoms with Gasteiger partial charge in [0.25, 0.3) is 0 Å². The van der Waals surface area contributed by atoms with Gasteiger partial charge in [-0.05, 0) is 19.3 Å². The van der Waals surface area contributed by atoms with Crippen molar-refractivity contribution in [2.75, 3.05) is 6.61 Å². The zero-order valence-corrected chi connectivity index (χ0v) is 30.1. The van der Waals surface area contributed by atoms with Gasteiger partial charge in [0.05, 0.1) is 6.61 Å². The van der Waals surface area contributed by atoms with Crippen LogP contribution < -0.4 is 0 Å². The van der Waals surface area contributed by atoms with E-state index in [2.05, 4.69) is 20.8 Å². The van der Waals surface area contributed by atoms with Gasteiger partial charge in [0, 0.05) is 25.2 Å². The number of Topliss-reactive ketones (excluding diaryl/α,β-unsaturated/α-hetero) is 2. The van der Waals surface area contributed by atoms with Crippen molar-refractivity contribution in [2.45, 2.75) is 219 Å². The fourth-order valence-electron chi connectivity index (χ4n) is 5.76. The molecule has 0 aromatic rings. The second-order valence-corrected chi connectivity index (χ2v) is 13.3. The lowest BCUT2D eigenvalue weighted by Crippen LogP contribution is -2.36. The summed E-state index contributed by atoms with van der Waals surface area (Å²) in [6, 6.07) is 0. The van der Waals surface area contributed by atoms with Crippen molar-refractivity contribution < 1.29 is 29.7 Å². The molecule has 0 aromatic heterocycles. The molecule has 0 saturated heterocycles. The highest BCUT2D eigenvalue weighted by atomic mass is 16.4. The van der Waals surface area contributed by atoms with Crippen LogP contribution in [0.25, 0.3) is 0 Å². The summed E-state index contributed by atoms with van der Waals surface area (Å²) in [5.41, 5.74) is 0. The molecule has 0 amide bonds. The summed E-state index contributed by atoms with van der Waals surface area (Å²) in [5, 5.41) is 26.8. The predicted molar refractivity (Wildman–Crippen MR) is 190 cm³/mol. The molecule has 0 radical (unpaired) electrons. The van der Waals surface area contributed by atoms with Gasteiger partial charge in [0.1, 0.15) is 24.3 Å². The molecule has 3 N–H and O–H groups in total. The third-order valence-electron chi connectivity index (χ3n) is 8.93. The highest BCUT2D eigenvalue weighted by Crippen LogP contribution is 2.19. The molecule has 0 spiro atoms. The smallest absolute Gasteiger partial charge is 0.164 e. The highest BCUT2D eigenvalue weighted by Gasteiger charge is 2.22. The fraction of sp³-hybridized carbons (Fsp3) is 0.923. The van der Waals surface area contributed by atoms with Crippen molar-refractivity contribution in [1.82, 2.24) is 0 Å². The quantitative estimate of drug-likeness (QED) is 0.0477. The van der Waals surface area contributed by atoms with Crippen LogP contribution in [0.5, 0.6) is 0 Å². The van der Waals surface area contributed by atoms with E-state index in [1.54, 1.807) is 0 Å². The van der Waals surface area contributed by atoms with Crippen LogP contribution >= 0.6 is 0 Å². The van der Waals surface area contributed by atoms with E-state index >= 15 is 0 Å². The lowest BCUT2D eigenvalue weighted by molar-refractivity contribution is -0.134. The Morgan fingerprint density at radius 1 is 0.511 bits per heavy atom. The summed E-state index contributed by atoms with van der Waals surface area (Å²) in [6.07, 6.45) is 32.0. The maximum absolute atomic E-state index is 12.4. The number of aliphatic hydroxyl groups excluding tert-OH is 3. The van der Waals surface area contributed by atoms with Crippen LogP contribution in [0.4, 0.5) is 0 Å². The van der Waals surface area contributed by atoms with Gasteiger partial charge in [-0.3, -0.25) is 9.59 Å². The summed E-state index contributed by atoms with van der Waals surface area (Å²) in [6.45, 7) is 6.03. The van der Waals surface area contributed by atoms with Gasteiger partial charge in [-0.15, -0.1) is 0 Å². The van der Waals surface area contributed by atoms with Gasteiger partial charge in [0.15, 0.2) is 5.78 Å². The van der Waals surface area contributed by atoms with Crippen molar-refractivity contribution in [3.63, 3.8) is 0 Å². The van der Waals surface area contributed by atoms with Crippen molar-refractivity contribution in [3.05, 3.63) is 0 Å². The van der Waals surface area contributed by atoms with Crippen molar-refractivity contribution >= 4 is 17.9 Å². The first kappa shape index (κ1) is 46.0. The van der Waals surface area contributed by atoms with Gasteiger partial charge < -0.3 is 20.1 Å². The molecule has 0 rings (SSSR count). The molecule has 6 nitrogen and oxygen atoms in total. The largest absolute Gasteiger partial charge is 0.394 e. The first-order valence-electron chi connectivity index (χ1n) is 19.3. The molecule has 0 aliphatic heterocycles. The van der Waals surface area contributed by atoms with E-state index in [9.17, 15) is 19.5 Å². The minimum absolute atomic E-state index is 0.00403. The van der Waals surface area contributed by atoms with Gasteiger partial charge in [-0.2, -0.15) is 0 Å². The number of hydrogen-bond acceptors (Lipinski definition) is 6. The third-order valence-corrected chi connectivity index (χ3v) is 8.93. The second kappa shape index (κ2) is 37.3. The second-order valence-electron chi connectivity index (χ2n) is 13.3. The van der Waals surface area contributed by atoms with E-state index < -0.39 is 18.8 Å². The van der Waals surface area contributed by atoms with Gasteiger partial charge in [-0.25, -0.2) is 0 Å². The maximum Gasteiger partial charge on any atom is 0.164 e. The average molecular weight is 641 g/mol. The molecule has 268 valence electrons. The molecule has 3 atom stereocenters. The minimum atomic E-state index is -1.43. The van der Waals surface area contributed by atoms with Crippen LogP contribution in [0.2, 0.25) is 0 Å². The van der Waals surface area contributed by atoms with Crippen molar-refractivity contribution in [2.24, 2.45) is 5.92 Å². The molecule has 0 heterocycles. The zero-order valence-electron chi connectivity index (χ0n) is 30.1. The standard InChI is InChI=1S/C28H54O2.C11H22O4/c1-3-5-7-9-10-11-12-13-14-15-16-17-18-20-21-23-27(25-26-29)28(30)24-22-19-8-6-4-2;1-2-3-4-5-6-7-9(13)11(15)10(14)8-12/h26-27H,3-25H2,1-2H3;10-12,14-15H,2-8H2,1H3. The van der Waals surface area contributed by atoms with Gasteiger partial charge in [-0.1, -0.05) is 168 Å². The number of rotatable bonds is 34. The number of unbranched alkanes of at least 4 members (excludes halogenated alkanes) is 22. The summed E-state index contributed by atoms with van der Waals surface area (Å²) < 4.78 is 0. The Hall–Kier alpha value is -1.11. The molecule has 0 aliphatic carbocycles. The number of aldehydes is 1. The molecular weight excluding hydrogens is 564 g/mol. The number of ketones is 2. The van der Waals surface area contributed by atoms with Crippen LogP contribution in [-0.4, -0.2) is 52.0 Å². The van der Waals surface area contributed by atoms with Crippen LogP contribution in [0.15, 0.2) is 0 Å². The van der Waals surface area contributed by atoms with Crippen LogP contribution in [0.3, 0.4) is 0 Å². The van der Waals surface area contributed by atoms with Crippen LogP contribution in [0.1, 0.15) is 207 Å². The van der Waals surface area contributed by atoms with E-state index in [-0.39, 0.29) is 18.1 Å². The molecule has 0 aromatic carbocycles. The summed E-state index contributed by atoms with van der Waals surface area (Å²) in [5.74, 6) is -0.0485. The van der Waals surface area contributed by atoms with Gasteiger partial charge in [0.2, 0.25) is 0 Å². The number of carbonyl (C=O) groups is 3. The number of hydrogen-bond donors (Lipinski definition) is 3. The Labute approximate surface area is 278 Å². The van der Waals surface area contributed by atoms with E-state index in [0.29, 0.717) is 18.6 Å². The molecule has 0 aliphatic rings. The Balaban J connectivity index is 0. The Morgan fingerprint density at radius 2 is 0.844 bits per heavy atom. The lowest BCUT2D eigenvalue weighted by Gasteiger charge is -2.13. The normalized spacial score (nSPS) is 13.1. The van der Waals surface area contributed by atoms with E-state index in [4.69, 9.17) is 10.2 Å². The van der Waals surface area contributed by atoms with Crippen molar-refractivity contribution in [3.8, 4) is 0 Å². The molecular formula is C39H76O6. The number of aliphatic hydroxyl groups is 3. The molecule has 3 unspecified atom stereocenters. The Kier molecular flexibility index (Phi) is 38.2. The number of carbonyl (C=O) groups excluding carboxylic acids is 3. The Bertz CT molecular complexity index is 637. The fourth-order valence-corrected chi connectivity index (χ4v) is 5.76. The first-order valence-corrected chi connectivity index (χ1v) is 19.3. The topological polar surface area (TPSA) is 112 Å². The molecule has 0 bridgehead atoms. The highest BCUT2D eigenvalue weighted by molar-refractivity contribution is 5.83. The summed E-state index contributed by atoms with van der Waals surface area (Å²) in [4.78, 5) is 34.6. The SMILES string of the molecule is CCCCCCCC(=O)C(O)C(O)CO.CCCCCCCCCCCCCCCCCC(CC=O)C(=O)CCCCCCC. The maximum atomic E-state index is 12.4. The van der Waals surface area contributed by atoms with E-state index in [1.165, 1.54) is 109 Å². The zero-order chi connectivity index (χ0) is 33.8. The van der Waals surface area contributed by atoms with E-state index in [0.717, 1.165) is 64.1 Å². The van der Waals surface area contributed by atoms with Gasteiger partial charge >= 0.3 is 0 Å². The van der Waals surface area contributed by atoms with Crippen LogP contribution in [0, 0.1) is 5.92 Å². The average Bonchev–Trinajstić information content (AvgIpc) is 3.05. The predicted octanol–water partition coefficient (Wildman–Crippen LogP) is 10.0. The third kappa shape index (κ3) is 32.6. The summed E-state index contributed by atoms with van der Waals surface area (Å²) >= 11 is 0. The molecule has 0 saturated carbocycles. The first-order chi connectivity index (χ1) is 21.9. The molecule has 0 fully saturated rings. The Morgan fingerprint density at radius 3 is 1.20 bits per heavy atom. The van der Waals surface area contributed by atoms with Crippen LogP contribution in [-0.2, 0) is 14.4 Å². The summed E-state index contributed by atoms with van der Waals surface area (Å²) in [7, 11) is 0. The monoisotopic (exact) mass is 641 g/mol. The van der Waals surface area contributed by atoms with Crippen molar-refractivity contribution in [1.29, 1.82) is 0 Å².